The van der Waals surface area contributed by atoms with Crippen LogP contribution < -0.4 is 10.6 Å². The lowest BCUT2D eigenvalue weighted by Crippen LogP contribution is -2.43. The first-order chi connectivity index (χ1) is 9.20. The van der Waals surface area contributed by atoms with Gasteiger partial charge in [-0.1, -0.05) is 34.6 Å². The topological polar surface area (TPSA) is 73.8 Å². The molecule has 5 heteroatoms. The van der Waals surface area contributed by atoms with Crippen molar-refractivity contribution in [2.24, 2.45) is 10.8 Å². The normalized spacial score (nSPS) is 13.2. The quantitative estimate of drug-likeness (QED) is 0.420. The average Bonchev–Trinajstić information content (AvgIpc) is 2.33. The highest BCUT2D eigenvalue weighted by Crippen LogP contribution is 2.14. The molecule has 0 saturated heterocycles. The maximum atomic E-state index is 9.00. The molecule has 0 bridgehead atoms. The third-order valence-electron chi connectivity index (χ3n) is 2.88. The molecule has 0 rings (SSSR count). The maximum Gasteiger partial charge on any atom is 0.0607 e. The molecule has 20 heavy (non-hydrogen) atoms. The first-order valence-corrected chi connectivity index (χ1v) is 7.44. The van der Waals surface area contributed by atoms with Gasteiger partial charge in [-0.25, -0.2) is 0 Å². The Morgan fingerprint density at radius 1 is 1.00 bits per heavy atom. The predicted molar refractivity (Wildman–Crippen MR) is 82.9 cm³/mol. The molecular formula is C15H34N2O3. The number of aliphatic hydroxyl groups excluding tert-OH is 2. The fourth-order valence-electron chi connectivity index (χ4n) is 1.61. The Morgan fingerprint density at radius 3 is 2.10 bits per heavy atom. The third-order valence-corrected chi connectivity index (χ3v) is 2.88. The van der Waals surface area contributed by atoms with Crippen LogP contribution in [0.5, 0.6) is 0 Å². The van der Waals surface area contributed by atoms with Gasteiger partial charge in [0, 0.05) is 25.0 Å². The Kier molecular flexibility index (Phi) is 9.59. The van der Waals surface area contributed by atoms with Crippen LogP contribution in [0, 0.1) is 10.8 Å². The molecule has 0 fully saturated rings. The molecule has 0 aromatic carbocycles. The summed E-state index contributed by atoms with van der Waals surface area (Å²) in [6.07, 6.45) is 0. The van der Waals surface area contributed by atoms with Gasteiger partial charge in [0.25, 0.3) is 0 Å². The molecular weight excluding hydrogens is 256 g/mol. The summed E-state index contributed by atoms with van der Waals surface area (Å²) in [5.41, 5.74) is 0.277. The van der Waals surface area contributed by atoms with Crippen molar-refractivity contribution in [3.63, 3.8) is 0 Å². The second kappa shape index (κ2) is 9.68. The van der Waals surface area contributed by atoms with E-state index in [1.165, 1.54) is 0 Å². The smallest absolute Gasteiger partial charge is 0.0607 e. The van der Waals surface area contributed by atoms with Gasteiger partial charge in [-0.05, 0) is 5.41 Å². The lowest BCUT2D eigenvalue weighted by molar-refractivity contribution is 0.0575. The van der Waals surface area contributed by atoms with Crippen molar-refractivity contribution in [2.75, 3.05) is 46.1 Å². The van der Waals surface area contributed by atoms with E-state index in [-0.39, 0.29) is 24.7 Å². The zero-order chi connectivity index (χ0) is 15.6. The summed E-state index contributed by atoms with van der Waals surface area (Å²) in [4.78, 5) is 0. The van der Waals surface area contributed by atoms with E-state index in [4.69, 9.17) is 14.9 Å². The molecule has 122 valence electrons. The fraction of sp³-hybridized carbons (Fsp3) is 1.00. The first kappa shape index (κ1) is 19.8. The molecule has 0 atom stereocenters. The lowest BCUT2D eigenvalue weighted by atomic mass is 9.94. The molecule has 0 heterocycles. The molecule has 0 spiro atoms. The highest BCUT2D eigenvalue weighted by atomic mass is 16.5. The van der Waals surface area contributed by atoms with Crippen molar-refractivity contribution >= 4 is 0 Å². The highest BCUT2D eigenvalue weighted by Gasteiger charge is 2.19. The summed E-state index contributed by atoms with van der Waals surface area (Å²) in [7, 11) is 0. The maximum absolute atomic E-state index is 9.00. The largest absolute Gasteiger partial charge is 0.395 e. The summed E-state index contributed by atoms with van der Waals surface area (Å²) < 4.78 is 5.69. The van der Waals surface area contributed by atoms with Gasteiger partial charge in [-0.2, -0.15) is 0 Å². The van der Waals surface area contributed by atoms with Crippen molar-refractivity contribution in [1.82, 2.24) is 10.6 Å². The Labute approximate surface area is 124 Å². The number of hydrogen-bond acceptors (Lipinski definition) is 5. The minimum absolute atomic E-state index is 0.0212. The van der Waals surface area contributed by atoms with Gasteiger partial charge in [-0.15, -0.1) is 0 Å². The summed E-state index contributed by atoms with van der Waals surface area (Å²) in [5, 5.41) is 24.5. The second-order valence-corrected chi connectivity index (χ2v) is 7.40. The van der Waals surface area contributed by atoms with Gasteiger partial charge in [0.05, 0.1) is 32.5 Å². The molecule has 0 aromatic heterocycles. The molecule has 0 saturated carbocycles. The first-order valence-electron chi connectivity index (χ1n) is 7.44. The van der Waals surface area contributed by atoms with Crippen LogP contribution in [0.15, 0.2) is 0 Å². The minimum Gasteiger partial charge on any atom is -0.395 e. The summed E-state index contributed by atoms with van der Waals surface area (Å²) in [6.45, 7) is 14.6. The van der Waals surface area contributed by atoms with E-state index in [0.717, 1.165) is 13.1 Å². The van der Waals surface area contributed by atoms with Crippen LogP contribution in [-0.2, 0) is 4.74 Å². The van der Waals surface area contributed by atoms with Gasteiger partial charge in [0.2, 0.25) is 0 Å². The van der Waals surface area contributed by atoms with Gasteiger partial charge >= 0.3 is 0 Å². The van der Waals surface area contributed by atoms with Gasteiger partial charge in [-0.3, -0.25) is 0 Å². The summed E-state index contributed by atoms with van der Waals surface area (Å²) >= 11 is 0. The van der Waals surface area contributed by atoms with Crippen LogP contribution in [0.2, 0.25) is 0 Å². The van der Waals surface area contributed by atoms with Crippen LogP contribution in [0.25, 0.3) is 0 Å². The molecule has 4 N–H and O–H groups in total. The molecule has 0 aliphatic carbocycles. The number of rotatable bonds is 11. The van der Waals surface area contributed by atoms with E-state index in [1.54, 1.807) is 0 Å². The Bertz CT molecular complexity index is 236. The van der Waals surface area contributed by atoms with Crippen molar-refractivity contribution in [2.45, 2.75) is 40.7 Å². The molecule has 5 nitrogen and oxygen atoms in total. The Morgan fingerprint density at radius 2 is 1.60 bits per heavy atom. The van der Waals surface area contributed by atoms with Gasteiger partial charge in [0.15, 0.2) is 0 Å². The number of ether oxygens (including phenoxy) is 1. The standard InChI is InChI=1S/C15H34N2O3/c1-14(2,3)10-16-6-7-20-12-15(4,5)11-17-13(8-18)9-19/h13,16-19H,6-12H2,1-5H3. The average molecular weight is 290 g/mol. The Hall–Kier alpha value is -0.200. The fourth-order valence-corrected chi connectivity index (χ4v) is 1.61. The van der Waals surface area contributed by atoms with Gasteiger partial charge in [0.1, 0.15) is 0 Å². The van der Waals surface area contributed by atoms with Crippen LogP contribution >= 0.6 is 0 Å². The van der Waals surface area contributed by atoms with Crippen molar-refractivity contribution in [1.29, 1.82) is 0 Å². The van der Waals surface area contributed by atoms with Crippen LogP contribution in [-0.4, -0.2) is 62.3 Å². The molecule has 0 aliphatic heterocycles. The van der Waals surface area contributed by atoms with Crippen molar-refractivity contribution < 1.29 is 14.9 Å². The van der Waals surface area contributed by atoms with Crippen molar-refractivity contribution in [3.8, 4) is 0 Å². The molecule has 0 aromatic rings. The van der Waals surface area contributed by atoms with Gasteiger partial charge < -0.3 is 25.6 Å². The van der Waals surface area contributed by atoms with Crippen LogP contribution in [0.1, 0.15) is 34.6 Å². The summed E-state index contributed by atoms with van der Waals surface area (Å²) in [6, 6.07) is -0.247. The van der Waals surface area contributed by atoms with E-state index in [9.17, 15) is 0 Å². The van der Waals surface area contributed by atoms with E-state index in [1.807, 2.05) is 0 Å². The zero-order valence-electron chi connectivity index (χ0n) is 13.8. The minimum atomic E-state index is -0.247. The number of nitrogens with one attached hydrogen (secondary N) is 2. The lowest BCUT2D eigenvalue weighted by Gasteiger charge is -2.27. The van der Waals surface area contributed by atoms with Crippen LogP contribution in [0.4, 0.5) is 0 Å². The predicted octanol–water partition coefficient (Wildman–Crippen LogP) is 0.608. The molecule has 0 amide bonds. The van der Waals surface area contributed by atoms with E-state index in [0.29, 0.717) is 25.2 Å². The number of aliphatic hydroxyl groups is 2. The summed E-state index contributed by atoms with van der Waals surface area (Å²) in [5.74, 6) is 0. The monoisotopic (exact) mass is 290 g/mol. The Balaban J connectivity index is 3.66. The zero-order valence-corrected chi connectivity index (χ0v) is 13.8. The van der Waals surface area contributed by atoms with E-state index in [2.05, 4.69) is 45.3 Å². The third kappa shape index (κ3) is 11.6. The van der Waals surface area contributed by atoms with Crippen molar-refractivity contribution in [3.05, 3.63) is 0 Å². The van der Waals surface area contributed by atoms with E-state index >= 15 is 0 Å². The molecule has 0 radical (unpaired) electrons. The molecule has 0 unspecified atom stereocenters. The highest BCUT2D eigenvalue weighted by molar-refractivity contribution is 4.74. The van der Waals surface area contributed by atoms with Crippen LogP contribution in [0.3, 0.4) is 0 Å². The van der Waals surface area contributed by atoms with E-state index < -0.39 is 0 Å². The SMILES string of the molecule is CC(C)(C)CNCCOCC(C)(C)CNC(CO)CO. The number of hydrogen-bond donors (Lipinski definition) is 4. The molecule has 0 aliphatic rings. The second-order valence-electron chi connectivity index (χ2n) is 7.40.